The SMILES string of the molecule is CC(=O)C[C@H]1CC[C@@H](NC(=O)OC(C)(C)C)C1. The van der Waals surface area contributed by atoms with Crippen LogP contribution in [0.5, 0.6) is 0 Å². The van der Waals surface area contributed by atoms with E-state index in [-0.39, 0.29) is 17.9 Å². The average molecular weight is 241 g/mol. The van der Waals surface area contributed by atoms with E-state index in [4.69, 9.17) is 4.74 Å². The third-order valence-corrected chi connectivity index (χ3v) is 2.84. The van der Waals surface area contributed by atoms with Crippen molar-refractivity contribution in [1.82, 2.24) is 5.32 Å². The Kier molecular flexibility index (Phi) is 4.54. The molecule has 1 amide bonds. The molecule has 0 aromatic heterocycles. The summed E-state index contributed by atoms with van der Waals surface area (Å²) in [5, 5.41) is 2.87. The molecule has 0 saturated heterocycles. The van der Waals surface area contributed by atoms with Gasteiger partial charge in [-0.25, -0.2) is 4.79 Å². The zero-order valence-corrected chi connectivity index (χ0v) is 11.2. The molecule has 98 valence electrons. The molecule has 4 nitrogen and oxygen atoms in total. The standard InChI is InChI=1S/C13H23NO3/c1-9(15)7-10-5-6-11(8-10)14-12(16)17-13(2,3)4/h10-11H,5-8H2,1-4H3,(H,14,16)/t10-,11-/m1/s1. The van der Waals surface area contributed by atoms with Crippen LogP contribution in [0.1, 0.15) is 53.4 Å². The van der Waals surface area contributed by atoms with Gasteiger partial charge in [0.15, 0.2) is 0 Å². The van der Waals surface area contributed by atoms with Crippen molar-refractivity contribution < 1.29 is 14.3 Å². The Labute approximate surface area is 103 Å². The first-order valence-electron chi connectivity index (χ1n) is 6.25. The Morgan fingerprint density at radius 3 is 2.47 bits per heavy atom. The predicted molar refractivity (Wildman–Crippen MR) is 65.8 cm³/mol. The molecule has 1 fully saturated rings. The van der Waals surface area contributed by atoms with Crippen molar-refractivity contribution in [2.45, 2.75) is 65.0 Å². The Bertz CT molecular complexity index is 294. The average Bonchev–Trinajstić information content (AvgIpc) is 2.46. The van der Waals surface area contributed by atoms with Crippen molar-refractivity contribution in [3.8, 4) is 0 Å². The maximum Gasteiger partial charge on any atom is 0.407 e. The first-order valence-corrected chi connectivity index (χ1v) is 6.25. The van der Waals surface area contributed by atoms with Crippen molar-refractivity contribution in [3.05, 3.63) is 0 Å². The molecule has 1 aliphatic rings. The van der Waals surface area contributed by atoms with Crippen molar-refractivity contribution in [2.75, 3.05) is 0 Å². The summed E-state index contributed by atoms with van der Waals surface area (Å²) in [6, 6.07) is 0.161. The molecule has 0 unspecified atom stereocenters. The summed E-state index contributed by atoms with van der Waals surface area (Å²) in [5.41, 5.74) is -0.457. The minimum Gasteiger partial charge on any atom is -0.444 e. The minimum absolute atomic E-state index is 0.161. The van der Waals surface area contributed by atoms with E-state index in [1.807, 2.05) is 20.8 Å². The fourth-order valence-corrected chi connectivity index (χ4v) is 2.27. The lowest BCUT2D eigenvalue weighted by Crippen LogP contribution is -2.37. The maximum absolute atomic E-state index is 11.5. The van der Waals surface area contributed by atoms with Crippen molar-refractivity contribution in [3.63, 3.8) is 0 Å². The third kappa shape index (κ3) is 5.71. The number of ether oxygens (including phenoxy) is 1. The Morgan fingerprint density at radius 1 is 1.29 bits per heavy atom. The zero-order valence-electron chi connectivity index (χ0n) is 11.2. The van der Waals surface area contributed by atoms with E-state index in [0.29, 0.717) is 12.3 Å². The summed E-state index contributed by atoms with van der Waals surface area (Å²) >= 11 is 0. The number of hydrogen-bond acceptors (Lipinski definition) is 3. The normalized spacial score (nSPS) is 24.5. The number of carbonyl (C=O) groups is 2. The quantitative estimate of drug-likeness (QED) is 0.826. The Balaban J connectivity index is 2.30. The van der Waals surface area contributed by atoms with E-state index < -0.39 is 5.60 Å². The molecule has 0 aromatic rings. The number of ketones is 1. The summed E-state index contributed by atoms with van der Waals surface area (Å²) < 4.78 is 5.20. The highest BCUT2D eigenvalue weighted by molar-refractivity contribution is 5.75. The molecule has 1 rings (SSSR count). The van der Waals surface area contributed by atoms with E-state index in [9.17, 15) is 9.59 Å². The van der Waals surface area contributed by atoms with Gasteiger partial charge in [-0.2, -0.15) is 0 Å². The lowest BCUT2D eigenvalue weighted by molar-refractivity contribution is -0.117. The van der Waals surface area contributed by atoms with Crippen LogP contribution in [0.2, 0.25) is 0 Å². The molecule has 0 aliphatic heterocycles. The van der Waals surface area contributed by atoms with Crippen molar-refractivity contribution in [1.29, 1.82) is 0 Å². The van der Waals surface area contributed by atoms with Gasteiger partial charge in [0.1, 0.15) is 11.4 Å². The monoisotopic (exact) mass is 241 g/mol. The molecule has 4 heteroatoms. The molecule has 1 N–H and O–H groups in total. The Morgan fingerprint density at radius 2 is 1.94 bits per heavy atom. The number of amides is 1. The van der Waals surface area contributed by atoms with E-state index in [0.717, 1.165) is 19.3 Å². The van der Waals surface area contributed by atoms with Gasteiger partial charge in [-0.05, 0) is 52.9 Å². The van der Waals surface area contributed by atoms with Crippen molar-refractivity contribution >= 4 is 11.9 Å². The van der Waals surface area contributed by atoms with E-state index in [1.165, 1.54) is 0 Å². The zero-order chi connectivity index (χ0) is 13.1. The predicted octanol–water partition coefficient (Wildman–Crippen LogP) is 2.66. The fraction of sp³-hybridized carbons (Fsp3) is 0.846. The maximum atomic E-state index is 11.5. The van der Waals surface area contributed by atoms with Gasteiger partial charge >= 0.3 is 6.09 Å². The van der Waals surface area contributed by atoms with E-state index in [2.05, 4.69) is 5.32 Å². The molecular formula is C13H23NO3. The molecule has 0 bridgehead atoms. The van der Waals surface area contributed by atoms with Crippen LogP contribution in [0.4, 0.5) is 4.79 Å². The molecule has 0 radical (unpaired) electrons. The van der Waals surface area contributed by atoms with Crippen molar-refractivity contribution in [2.24, 2.45) is 5.92 Å². The van der Waals surface area contributed by atoms with Crippen LogP contribution in [0.3, 0.4) is 0 Å². The van der Waals surface area contributed by atoms with E-state index >= 15 is 0 Å². The van der Waals surface area contributed by atoms with Gasteiger partial charge in [0.05, 0.1) is 0 Å². The van der Waals surface area contributed by atoms with Gasteiger partial charge < -0.3 is 14.8 Å². The van der Waals surface area contributed by atoms with Crippen LogP contribution in [0.25, 0.3) is 0 Å². The third-order valence-electron chi connectivity index (χ3n) is 2.84. The topological polar surface area (TPSA) is 55.4 Å². The number of nitrogens with one attached hydrogen (secondary N) is 1. The number of Topliss-reactive ketones (excluding diaryl/α,β-unsaturated/α-hetero) is 1. The molecule has 0 aromatic carbocycles. The molecule has 2 atom stereocenters. The first-order chi connectivity index (χ1) is 7.76. The van der Waals surface area contributed by atoms with Gasteiger partial charge in [0, 0.05) is 12.5 Å². The van der Waals surface area contributed by atoms with Crippen LogP contribution in [-0.4, -0.2) is 23.5 Å². The molecule has 0 spiro atoms. The molecule has 0 heterocycles. The number of hydrogen-bond donors (Lipinski definition) is 1. The highest BCUT2D eigenvalue weighted by atomic mass is 16.6. The Hall–Kier alpha value is -1.06. The van der Waals surface area contributed by atoms with Crippen LogP contribution in [-0.2, 0) is 9.53 Å². The highest BCUT2D eigenvalue weighted by Gasteiger charge is 2.28. The largest absolute Gasteiger partial charge is 0.444 e. The van der Waals surface area contributed by atoms with E-state index in [1.54, 1.807) is 6.92 Å². The molecular weight excluding hydrogens is 218 g/mol. The van der Waals surface area contributed by atoms with Gasteiger partial charge in [-0.1, -0.05) is 0 Å². The number of alkyl carbamates (subject to hydrolysis) is 1. The smallest absolute Gasteiger partial charge is 0.407 e. The number of rotatable bonds is 3. The minimum atomic E-state index is -0.457. The second-order valence-corrected chi connectivity index (χ2v) is 5.93. The summed E-state index contributed by atoms with van der Waals surface area (Å²) in [6.45, 7) is 7.16. The summed E-state index contributed by atoms with van der Waals surface area (Å²) in [5.74, 6) is 0.653. The van der Waals surface area contributed by atoms with Gasteiger partial charge in [-0.15, -0.1) is 0 Å². The lowest BCUT2D eigenvalue weighted by atomic mass is 10.0. The molecule has 17 heavy (non-hydrogen) atoms. The summed E-state index contributed by atoms with van der Waals surface area (Å²) in [6.07, 6.45) is 3.12. The van der Waals surface area contributed by atoms with Crippen LogP contribution >= 0.6 is 0 Å². The van der Waals surface area contributed by atoms with Gasteiger partial charge in [0.25, 0.3) is 0 Å². The molecule has 1 saturated carbocycles. The summed E-state index contributed by atoms with van der Waals surface area (Å²) in [7, 11) is 0. The number of carbonyl (C=O) groups excluding carboxylic acids is 2. The lowest BCUT2D eigenvalue weighted by Gasteiger charge is -2.21. The second kappa shape index (κ2) is 5.52. The summed E-state index contributed by atoms with van der Waals surface area (Å²) in [4.78, 5) is 22.5. The second-order valence-electron chi connectivity index (χ2n) is 5.93. The highest BCUT2D eigenvalue weighted by Crippen LogP contribution is 2.28. The molecule has 1 aliphatic carbocycles. The first kappa shape index (κ1) is 14.0. The van der Waals surface area contributed by atoms with Gasteiger partial charge in [0.2, 0.25) is 0 Å². The van der Waals surface area contributed by atoms with Gasteiger partial charge in [-0.3, -0.25) is 0 Å². The van der Waals surface area contributed by atoms with Crippen LogP contribution in [0, 0.1) is 5.92 Å². The van der Waals surface area contributed by atoms with Crippen LogP contribution in [0.15, 0.2) is 0 Å². The fourth-order valence-electron chi connectivity index (χ4n) is 2.27. The van der Waals surface area contributed by atoms with Crippen LogP contribution < -0.4 is 5.32 Å².